The van der Waals surface area contributed by atoms with Crippen molar-refractivity contribution in [2.45, 2.75) is 13.1 Å². The molecule has 0 amide bonds. The molecule has 0 fully saturated rings. The van der Waals surface area contributed by atoms with Crippen LogP contribution in [-0.4, -0.2) is 21.3 Å². The zero-order chi connectivity index (χ0) is 15.1. The second-order valence-electron chi connectivity index (χ2n) is 4.64. The Hall–Kier alpha value is -2.27. The maximum atomic E-state index is 5.36. The summed E-state index contributed by atoms with van der Waals surface area (Å²) in [5, 5.41) is 2.23. The summed E-state index contributed by atoms with van der Waals surface area (Å²) in [6.07, 6.45) is 3.87. The van der Waals surface area contributed by atoms with Crippen LogP contribution in [0.1, 0.15) is 11.1 Å². The molecule has 0 bridgehead atoms. The van der Waals surface area contributed by atoms with Crippen molar-refractivity contribution in [3.05, 3.63) is 47.8 Å². The van der Waals surface area contributed by atoms with Crippen LogP contribution in [0.25, 0.3) is 0 Å². The molecular formula is C16H22N2O3+2. The van der Waals surface area contributed by atoms with Crippen molar-refractivity contribution in [2.24, 2.45) is 0 Å². The van der Waals surface area contributed by atoms with Gasteiger partial charge in [-0.3, -0.25) is 0 Å². The Balaban J connectivity index is 2.06. The zero-order valence-corrected chi connectivity index (χ0v) is 12.7. The first-order chi connectivity index (χ1) is 10.3. The van der Waals surface area contributed by atoms with Gasteiger partial charge in [0.15, 0.2) is 23.9 Å². The lowest BCUT2D eigenvalue weighted by atomic mass is 10.1. The number of hydrogen-bond donors (Lipinski definition) is 1. The highest BCUT2D eigenvalue weighted by molar-refractivity contribution is 5.53. The number of aromatic nitrogens is 1. The van der Waals surface area contributed by atoms with Crippen molar-refractivity contribution < 1.29 is 24.5 Å². The summed E-state index contributed by atoms with van der Waals surface area (Å²) < 4.78 is 16.0. The Labute approximate surface area is 124 Å². The quantitative estimate of drug-likeness (QED) is 0.820. The minimum absolute atomic E-state index is 0.627. The number of nitrogens with one attached hydrogen (secondary N) is 1. The van der Waals surface area contributed by atoms with E-state index in [-0.39, 0.29) is 0 Å². The van der Waals surface area contributed by atoms with Gasteiger partial charge in [-0.05, 0) is 12.1 Å². The Bertz CT molecular complexity index is 548. The molecule has 0 unspecified atom stereocenters. The molecule has 112 valence electrons. The summed E-state index contributed by atoms with van der Waals surface area (Å²) in [5.41, 5.74) is 2.41. The first-order valence-electron chi connectivity index (χ1n) is 6.84. The fraction of sp³-hybridized carbons (Fsp3) is 0.312. The van der Waals surface area contributed by atoms with E-state index in [4.69, 9.17) is 14.2 Å². The van der Waals surface area contributed by atoms with Crippen LogP contribution in [-0.2, 0) is 13.1 Å². The van der Waals surface area contributed by atoms with Gasteiger partial charge in [0.05, 0.1) is 21.3 Å². The lowest BCUT2D eigenvalue weighted by Crippen LogP contribution is -2.80. The van der Waals surface area contributed by atoms with E-state index in [0.717, 1.165) is 18.7 Å². The maximum absolute atomic E-state index is 5.36. The van der Waals surface area contributed by atoms with Crippen molar-refractivity contribution in [3.8, 4) is 17.2 Å². The van der Waals surface area contributed by atoms with Crippen LogP contribution in [0, 0.1) is 0 Å². The zero-order valence-electron chi connectivity index (χ0n) is 12.7. The number of pyridine rings is 1. The molecule has 0 saturated carbocycles. The fourth-order valence-electron chi connectivity index (χ4n) is 2.22. The van der Waals surface area contributed by atoms with Gasteiger partial charge in [-0.2, -0.15) is 0 Å². The van der Waals surface area contributed by atoms with Crippen LogP contribution in [0.2, 0.25) is 0 Å². The molecule has 1 aromatic carbocycles. The number of ether oxygens (including phenoxy) is 3. The summed E-state index contributed by atoms with van der Waals surface area (Å²) in [4.78, 5) is 3.02. The average Bonchev–Trinajstić information content (AvgIpc) is 2.54. The predicted molar refractivity (Wildman–Crippen MR) is 78.4 cm³/mol. The van der Waals surface area contributed by atoms with Crippen molar-refractivity contribution >= 4 is 0 Å². The van der Waals surface area contributed by atoms with Gasteiger partial charge in [-0.15, -0.1) is 0 Å². The molecule has 1 heterocycles. The normalized spacial score (nSPS) is 10.2. The second-order valence-corrected chi connectivity index (χ2v) is 4.64. The van der Waals surface area contributed by atoms with E-state index in [1.54, 1.807) is 21.3 Å². The average molecular weight is 290 g/mol. The number of aromatic amines is 1. The standard InChI is InChI=1S/C16H20N2O3/c1-19-14-8-13(9-15(20-2)16(14)21-3)11-18-10-12-4-6-17-7-5-12/h4-9,18H,10-11H2,1-3H3/p+2. The monoisotopic (exact) mass is 290 g/mol. The third kappa shape index (κ3) is 3.86. The van der Waals surface area contributed by atoms with Gasteiger partial charge in [-0.25, -0.2) is 4.98 Å². The van der Waals surface area contributed by atoms with Gasteiger partial charge in [-0.1, -0.05) is 0 Å². The van der Waals surface area contributed by atoms with Crippen LogP contribution in [0.5, 0.6) is 17.2 Å². The molecule has 0 radical (unpaired) electrons. The molecular weight excluding hydrogens is 268 g/mol. The summed E-state index contributed by atoms with van der Waals surface area (Å²) in [6, 6.07) is 8.12. The van der Waals surface area contributed by atoms with Crippen molar-refractivity contribution in [3.63, 3.8) is 0 Å². The Morgan fingerprint density at radius 3 is 1.95 bits per heavy atom. The van der Waals surface area contributed by atoms with E-state index in [1.165, 1.54) is 5.56 Å². The van der Waals surface area contributed by atoms with Gasteiger partial charge in [0.25, 0.3) is 0 Å². The van der Waals surface area contributed by atoms with Crippen LogP contribution in [0.3, 0.4) is 0 Å². The molecule has 5 nitrogen and oxygen atoms in total. The maximum Gasteiger partial charge on any atom is 0.203 e. The summed E-state index contributed by atoms with van der Waals surface area (Å²) >= 11 is 0. The number of methoxy groups -OCH3 is 3. The van der Waals surface area contributed by atoms with Gasteiger partial charge in [0, 0.05) is 23.3 Å². The van der Waals surface area contributed by atoms with Crippen molar-refractivity contribution in [1.82, 2.24) is 0 Å². The second kappa shape index (κ2) is 7.50. The van der Waals surface area contributed by atoms with E-state index < -0.39 is 0 Å². The number of H-pyrrole nitrogens is 1. The lowest BCUT2D eigenvalue weighted by molar-refractivity contribution is -0.686. The van der Waals surface area contributed by atoms with Gasteiger partial charge in [0.1, 0.15) is 13.1 Å². The lowest BCUT2D eigenvalue weighted by Gasteiger charge is -2.13. The van der Waals surface area contributed by atoms with Gasteiger partial charge >= 0.3 is 0 Å². The molecule has 2 rings (SSSR count). The first-order valence-corrected chi connectivity index (χ1v) is 6.84. The summed E-state index contributed by atoms with van der Waals surface area (Å²) in [5.74, 6) is 2.01. The SMILES string of the molecule is COc1cc(C[NH2+]Cc2cc[nH+]cc2)cc(OC)c1OC. The minimum atomic E-state index is 0.627. The van der Waals surface area contributed by atoms with E-state index in [0.29, 0.717) is 17.2 Å². The van der Waals surface area contributed by atoms with E-state index >= 15 is 0 Å². The Kier molecular flexibility index (Phi) is 5.40. The molecule has 21 heavy (non-hydrogen) atoms. The number of rotatable bonds is 7. The highest BCUT2D eigenvalue weighted by Crippen LogP contribution is 2.37. The van der Waals surface area contributed by atoms with Crippen molar-refractivity contribution in [2.75, 3.05) is 21.3 Å². The Morgan fingerprint density at radius 1 is 0.857 bits per heavy atom. The largest absolute Gasteiger partial charge is 0.493 e. The topological polar surface area (TPSA) is 58.4 Å². The van der Waals surface area contributed by atoms with Crippen LogP contribution in [0.4, 0.5) is 0 Å². The van der Waals surface area contributed by atoms with E-state index in [1.807, 2.05) is 24.5 Å². The number of quaternary nitrogens is 1. The van der Waals surface area contributed by atoms with Crippen LogP contribution >= 0.6 is 0 Å². The number of benzene rings is 1. The molecule has 2 aromatic rings. The Morgan fingerprint density at radius 2 is 1.43 bits per heavy atom. The summed E-state index contributed by atoms with van der Waals surface area (Å²) in [6.45, 7) is 1.76. The van der Waals surface area contributed by atoms with E-state index in [2.05, 4.69) is 22.4 Å². The fourth-order valence-corrected chi connectivity index (χ4v) is 2.22. The van der Waals surface area contributed by atoms with Crippen molar-refractivity contribution in [1.29, 1.82) is 0 Å². The molecule has 0 aliphatic heterocycles. The molecule has 1 aromatic heterocycles. The molecule has 0 aliphatic rings. The highest BCUT2D eigenvalue weighted by Gasteiger charge is 2.13. The third-order valence-electron chi connectivity index (χ3n) is 3.27. The molecule has 0 spiro atoms. The summed E-state index contributed by atoms with van der Waals surface area (Å²) in [7, 11) is 4.87. The van der Waals surface area contributed by atoms with Gasteiger partial charge in [0.2, 0.25) is 5.75 Å². The predicted octanol–water partition coefficient (Wildman–Crippen LogP) is 0.790. The number of nitrogens with two attached hydrogens (primary N) is 1. The number of hydrogen-bond acceptors (Lipinski definition) is 3. The molecule has 3 N–H and O–H groups in total. The molecule has 0 saturated heterocycles. The van der Waals surface area contributed by atoms with Gasteiger partial charge < -0.3 is 19.5 Å². The first kappa shape index (κ1) is 15.1. The third-order valence-corrected chi connectivity index (χ3v) is 3.27. The molecule has 5 heteroatoms. The highest BCUT2D eigenvalue weighted by atomic mass is 16.5. The van der Waals surface area contributed by atoms with E-state index in [9.17, 15) is 0 Å². The molecule has 0 aliphatic carbocycles. The minimum Gasteiger partial charge on any atom is -0.493 e. The molecule has 0 atom stereocenters. The smallest absolute Gasteiger partial charge is 0.203 e. The van der Waals surface area contributed by atoms with Crippen LogP contribution < -0.4 is 24.5 Å². The van der Waals surface area contributed by atoms with Crippen LogP contribution in [0.15, 0.2) is 36.7 Å².